The van der Waals surface area contributed by atoms with Crippen LogP contribution in [-0.4, -0.2) is 17.0 Å². The van der Waals surface area contributed by atoms with E-state index in [1.165, 1.54) is 0 Å². The van der Waals surface area contributed by atoms with Gasteiger partial charge in [-0.2, -0.15) is 0 Å². The van der Waals surface area contributed by atoms with Crippen molar-refractivity contribution < 1.29 is 9.94 Å². The van der Waals surface area contributed by atoms with Gasteiger partial charge in [-0.05, 0) is 18.4 Å². The summed E-state index contributed by atoms with van der Waals surface area (Å²) in [4.78, 5) is 0. The fraction of sp³-hybridized carbons (Fsp3) is 0.364. The van der Waals surface area contributed by atoms with Gasteiger partial charge >= 0.3 is 0 Å². The molecule has 1 unspecified atom stereocenters. The highest BCUT2D eigenvalue weighted by molar-refractivity contribution is 5.93. The Bertz CT molecular complexity index is 321. The first-order valence-corrected chi connectivity index (χ1v) is 4.76. The molecule has 0 spiro atoms. The Labute approximate surface area is 83.0 Å². The normalized spacial score (nSPS) is 23.4. The van der Waals surface area contributed by atoms with E-state index in [2.05, 4.69) is 5.16 Å². The SMILES string of the molecule is O/N=C1\CCC1OCc1ccccc1. The zero-order valence-corrected chi connectivity index (χ0v) is 7.89. The number of oxime groups is 1. The molecule has 0 saturated heterocycles. The molecule has 0 amide bonds. The molecule has 1 N–H and O–H groups in total. The number of nitrogens with zero attached hydrogens (tertiary/aromatic N) is 1. The molecule has 3 nitrogen and oxygen atoms in total. The van der Waals surface area contributed by atoms with Gasteiger partial charge in [0.1, 0.15) is 0 Å². The molecule has 0 aliphatic heterocycles. The molecule has 1 fully saturated rings. The summed E-state index contributed by atoms with van der Waals surface area (Å²) in [6.07, 6.45) is 1.85. The summed E-state index contributed by atoms with van der Waals surface area (Å²) >= 11 is 0. The monoisotopic (exact) mass is 191 g/mol. The molecule has 0 radical (unpaired) electrons. The van der Waals surface area contributed by atoms with Crippen LogP contribution in [0.2, 0.25) is 0 Å². The molecule has 74 valence electrons. The Balaban J connectivity index is 1.84. The van der Waals surface area contributed by atoms with Gasteiger partial charge in [-0.25, -0.2) is 0 Å². The van der Waals surface area contributed by atoms with E-state index in [-0.39, 0.29) is 6.10 Å². The van der Waals surface area contributed by atoms with Crippen molar-refractivity contribution >= 4 is 5.71 Å². The van der Waals surface area contributed by atoms with E-state index in [9.17, 15) is 0 Å². The van der Waals surface area contributed by atoms with Crippen LogP contribution >= 0.6 is 0 Å². The van der Waals surface area contributed by atoms with E-state index in [0.29, 0.717) is 6.61 Å². The van der Waals surface area contributed by atoms with E-state index in [1.807, 2.05) is 30.3 Å². The Morgan fingerprint density at radius 2 is 2.14 bits per heavy atom. The van der Waals surface area contributed by atoms with Crippen LogP contribution in [0.5, 0.6) is 0 Å². The summed E-state index contributed by atoms with van der Waals surface area (Å²) < 4.78 is 5.58. The molecule has 0 bridgehead atoms. The lowest BCUT2D eigenvalue weighted by Crippen LogP contribution is -2.34. The molecule has 1 aliphatic carbocycles. The summed E-state index contributed by atoms with van der Waals surface area (Å²) in [5.74, 6) is 0. The van der Waals surface area contributed by atoms with Crippen LogP contribution in [0.25, 0.3) is 0 Å². The van der Waals surface area contributed by atoms with Crippen molar-refractivity contribution in [2.24, 2.45) is 5.16 Å². The van der Waals surface area contributed by atoms with Crippen LogP contribution in [0, 0.1) is 0 Å². The minimum Gasteiger partial charge on any atom is -0.411 e. The topological polar surface area (TPSA) is 41.8 Å². The number of hydrogen-bond acceptors (Lipinski definition) is 3. The average Bonchev–Trinajstić information content (AvgIpc) is 2.19. The Morgan fingerprint density at radius 1 is 1.36 bits per heavy atom. The Morgan fingerprint density at radius 3 is 2.71 bits per heavy atom. The lowest BCUT2D eigenvalue weighted by atomic mass is 9.93. The van der Waals surface area contributed by atoms with Crippen LogP contribution in [0.3, 0.4) is 0 Å². The van der Waals surface area contributed by atoms with Gasteiger partial charge in [0.05, 0.1) is 18.4 Å². The van der Waals surface area contributed by atoms with Crippen molar-refractivity contribution in [2.75, 3.05) is 0 Å². The predicted octanol–water partition coefficient (Wildman–Crippen LogP) is 2.20. The third kappa shape index (κ3) is 1.93. The largest absolute Gasteiger partial charge is 0.411 e. The maximum Gasteiger partial charge on any atom is 0.0997 e. The van der Waals surface area contributed by atoms with Crippen molar-refractivity contribution in [1.29, 1.82) is 0 Å². The van der Waals surface area contributed by atoms with Crippen LogP contribution in [-0.2, 0) is 11.3 Å². The van der Waals surface area contributed by atoms with Crippen LogP contribution in [0.4, 0.5) is 0 Å². The lowest BCUT2D eigenvalue weighted by Gasteiger charge is -2.26. The molecule has 3 heteroatoms. The summed E-state index contributed by atoms with van der Waals surface area (Å²) in [6.45, 7) is 0.588. The van der Waals surface area contributed by atoms with Crippen molar-refractivity contribution in [2.45, 2.75) is 25.6 Å². The van der Waals surface area contributed by atoms with Gasteiger partial charge in [-0.15, -0.1) is 0 Å². The zero-order valence-electron chi connectivity index (χ0n) is 7.89. The minimum atomic E-state index is 0.0280. The van der Waals surface area contributed by atoms with E-state index in [1.54, 1.807) is 0 Å². The first kappa shape index (κ1) is 9.21. The average molecular weight is 191 g/mol. The molecular formula is C11H13NO2. The van der Waals surface area contributed by atoms with Crippen molar-refractivity contribution in [3.63, 3.8) is 0 Å². The first-order chi connectivity index (χ1) is 6.90. The predicted molar refractivity (Wildman–Crippen MR) is 53.5 cm³/mol. The zero-order chi connectivity index (χ0) is 9.80. The third-order valence-corrected chi connectivity index (χ3v) is 2.46. The summed E-state index contributed by atoms with van der Waals surface area (Å²) in [5, 5.41) is 11.7. The maximum absolute atomic E-state index is 8.56. The van der Waals surface area contributed by atoms with E-state index in [4.69, 9.17) is 9.94 Å². The van der Waals surface area contributed by atoms with Crippen molar-refractivity contribution in [1.82, 2.24) is 0 Å². The van der Waals surface area contributed by atoms with Crippen LogP contribution in [0.15, 0.2) is 35.5 Å². The molecule has 1 aliphatic rings. The first-order valence-electron chi connectivity index (χ1n) is 4.76. The van der Waals surface area contributed by atoms with Gasteiger partial charge in [0.15, 0.2) is 0 Å². The van der Waals surface area contributed by atoms with Gasteiger partial charge in [0.2, 0.25) is 0 Å². The van der Waals surface area contributed by atoms with Crippen LogP contribution in [0.1, 0.15) is 18.4 Å². The summed E-state index contributed by atoms with van der Waals surface area (Å²) in [5.41, 5.74) is 1.91. The van der Waals surface area contributed by atoms with Crippen LogP contribution < -0.4 is 0 Å². The molecule has 14 heavy (non-hydrogen) atoms. The Kier molecular flexibility index (Phi) is 2.79. The highest BCUT2D eigenvalue weighted by Crippen LogP contribution is 2.20. The summed E-state index contributed by atoms with van der Waals surface area (Å²) in [7, 11) is 0. The standard InChI is InChI=1S/C11H13NO2/c13-12-10-6-7-11(10)14-8-9-4-2-1-3-5-9/h1-5,11,13H,6-8H2/b12-10+. The number of ether oxygens (including phenoxy) is 1. The Hall–Kier alpha value is -1.35. The molecule has 2 rings (SSSR count). The van der Waals surface area contributed by atoms with Crippen molar-refractivity contribution in [3.05, 3.63) is 35.9 Å². The molecule has 1 aromatic carbocycles. The molecule has 0 heterocycles. The number of rotatable bonds is 3. The minimum absolute atomic E-state index is 0.0280. The van der Waals surface area contributed by atoms with Gasteiger partial charge in [0, 0.05) is 0 Å². The molecule has 1 aromatic rings. The van der Waals surface area contributed by atoms with Gasteiger partial charge in [-0.1, -0.05) is 35.5 Å². The second-order valence-corrected chi connectivity index (χ2v) is 3.42. The van der Waals surface area contributed by atoms with Crippen molar-refractivity contribution in [3.8, 4) is 0 Å². The van der Waals surface area contributed by atoms with E-state index < -0.39 is 0 Å². The molecule has 1 atom stereocenters. The number of benzene rings is 1. The summed E-state index contributed by atoms with van der Waals surface area (Å²) in [6, 6.07) is 10.00. The quantitative estimate of drug-likeness (QED) is 0.587. The molecule has 0 aromatic heterocycles. The number of hydrogen-bond donors (Lipinski definition) is 1. The highest BCUT2D eigenvalue weighted by Gasteiger charge is 2.27. The second-order valence-electron chi connectivity index (χ2n) is 3.42. The molecular weight excluding hydrogens is 178 g/mol. The smallest absolute Gasteiger partial charge is 0.0997 e. The van der Waals surface area contributed by atoms with E-state index >= 15 is 0 Å². The molecule has 1 saturated carbocycles. The van der Waals surface area contributed by atoms with Gasteiger partial charge in [0.25, 0.3) is 0 Å². The fourth-order valence-electron chi connectivity index (χ4n) is 1.46. The van der Waals surface area contributed by atoms with Gasteiger partial charge < -0.3 is 9.94 Å². The second kappa shape index (κ2) is 4.24. The fourth-order valence-corrected chi connectivity index (χ4v) is 1.46. The van der Waals surface area contributed by atoms with E-state index in [0.717, 1.165) is 24.1 Å². The lowest BCUT2D eigenvalue weighted by molar-refractivity contribution is 0.0594. The maximum atomic E-state index is 8.56. The highest BCUT2D eigenvalue weighted by atomic mass is 16.5. The third-order valence-electron chi connectivity index (χ3n) is 2.46. The van der Waals surface area contributed by atoms with Gasteiger partial charge in [-0.3, -0.25) is 0 Å².